The maximum atomic E-state index is 11.9. The minimum Gasteiger partial charge on any atom is -0.352 e. The van der Waals surface area contributed by atoms with Gasteiger partial charge < -0.3 is 15.5 Å². The Morgan fingerprint density at radius 3 is 2.50 bits per heavy atom. The van der Waals surface area contributed by atoms with Gasteiger partial charge in [-0.05, 0) is 36.7 Å². The first kappa shape index (κ1) is 18.2. The molecule has 0 fully saturated rings. The predicted molar refractivity (Wildman–Crippen MR) is 96.9 cm³/mol. The van der Waals surface area contributed by atoms with Crippen LogP contribution < -0.4 is 10.6 Å². The number of carbonyl (C=O) groups excluding carboxylic acids is 2. The predicted octanol–water partition coefficient (Wildman–Crippen LogP) is 2.25. The third-order valence-electron chi connectivity index (χ3n) is 3.50. The van der Waals surface area contributed by atoms with E-state index < -0.39 is 0 Å². The molecule has 5 nitrogen and oxygen atoms in total. The van der Waals surface area contributed by atoms with Crippen LogP contribution in [0.15, 0.2) is 41.1 Å². The zero-order chi connectivity index (χ0) is 17.4. The first-order chi connectivity index (χ1) is 11.6. The average Bonchev–Trinajstić information content (AvgIpc) is 3.08. The van der Waals surface area contributed by atoms with E-state index in [9.17, 15) is 9.59 Å². The maximum absolute atomic E-state index is 11.9. The SMILES string of the molecule is CN(C)Cc1ccccc1CNC(=O)CCNC(=O)c1ccsc1. The van der Waals surface area contributed by atoms with Gasteiger partial charge >= 0.3 is 0 Å². The van der Waals surface area contributed by atoms with Gasteiger partial charge in [0.25, 0.3) is 5.91 Å². The zero-order valence-electron chi connectivity index (χ0n) is 14.0. The van der Waals surface area contributed by atoms with Gasteiger partial charge in [-0.3, -0.25) is 9.59 Å². The molecule has 0 bridgehead atoms. The fourth-order valence-electron chi connectivity index (χ4n) is 2.29. The highest BCUT2D eigenvalue weighted by Crippen LogP contribution is 2.10. The molecule has 0 aliphatic carbocycles. The maximum Gasteiger partial charge on any atom is 0.252 e. The van der Waals surface area contributed by atoms with Gasteiger partial charge in [0, 0.05) is 37.0 Å². The molecule has 1 heterocycles. The largest absolute Gasteiger partial charge is 0.352 e. The number of amides is 2. The fourth-order valence-corrected chi connectivity index (χ4v) is 2.93. The molecule has 0 spiro atoms. The average molecular weight is 345 g/mol. The third-order valence-corrected chi connectivity index (χ3v) is 4.19. The molecule has 24 heavy (non-hydrogen) atoms. The summed E-state index contributed by atoms with van der Waals surface area (Å²) in [5.74, 6) is -0.208. The van der Waals surface area contributed by atoms with E-state index in [4.69, 9.17) is 0 Å². The number of hydrogen-bond donors (Lipinski definition) is 2. The van der Waals surface area contributed by atoms with Crippen LogP contribution in [0.5, 0.6) is 0 Å². The topological polar surface area (TPSA) is 61.4 Å². The van der Waals surface area contributed by atoms with Gasteiger partial charge in [0.2, 0.25) is 5.91 Å². The molecule has 128 valence electrons. The van der Waals surface area contributed by atoms with Crippen molar-refractivity contribution in [2.24, 2.45) is 0 Å². The van der Waals surface area contributed by atoms with Crippen molar-refractivity contribution >= 4 is 23.2 Å². The van der Waals surface area contributed by atoms with Crippen molar-refractivity contribution in [2.45, 2.75) is 19.5 Å². The van der Waals surface area contributed by atoms with E-state index in [1.54, 1.807) is 11.4 Å². The van der Waals surface area contributed by atoms with E-state index in [0.717, 1.165) is 12.1 Å². The second kappa shape index (κ2) is 9.20. The highest BCUT2D eigenvalue weighted by atomic mass is 32.1. The van der Waals surface area contributed by atoms with Crippen molar-refractivity contribution < 1.29 is 9.59 Å². The van der Waals surface area contributed by atoms with Crippen molar-refractivity contribution in [3.8, 4) is 0 Å². The van der Waals surface area contributed by atoms with Crippen molar-refractivity contribution in [1.82, 2.24) is 15.5 Å². The Morgan fingerprint density at radius 1 is 1.08 bits per heavy atom. The molecule has 0 aliphatic heterocycles. The third kappa shape index (κ3) is 5.79. The molecule has 2 rings (SSSR count). The molecule has 6 heteroatoms. The van der Waals surface area contributed by atoms with Crippen LogP contribution in [0.1, 0.15) is 27.9 Å². The number of thiophene rings is 1. The van der Waals surface area contributed by atoms with Crippen LogP contribution in [-0.2, 0) is 17.9 Å². The van der Waals surface area contributed by atoms with E-state index in [1.165, 1.54) is 16.9 Å². The lowest BCUT2D eigenvalue weighted by Crippen LogP contribution is -2.30. The minimum absolute atomic E-state index is 0.0692. The number of benzene rings is 1. The summed E-state index contributed by atoms with van der Waals surface area (Å²) in [7, 11) is 4.04. The standard InChI is InChI=1S/C18H23N3O2S/c1-21(2)12-15-6-4-3-5-14(15)11-20-17(22)7-9-19-18(23)16-8-10-24-13-16/h3-6,8,10,13H,7,9,11-12H2,1-2H3,(H,19,23)(H,20,22). The van der Waals surface area contributed by atoms with Crippen LogP contribution >= 0.6 is 11.3 Å². The monoisotopic (exact) mass is 345 g/mol. The van der Waals surface area contributed by atoms with E-state index in [2.05, 4.69) is 21.6 Å². The summed E-state index contributed by atoms with van der Waals surface area (Å²) in [5.41, 5.74) is 2.95. The van der Waals surface area contributed by atoms with E-state index >= 15 is 0 Å². The van der Waals surface area contributed by atoms with Gasteiger partial charge in [-0.25, -0.2) is 0 Å². The Balaban J connectivity index is 1.74. The van der Waals surface area contributed by atoms with Crippen LogP contribution in [0, 0.1) is 0 Å². The van der Waals surface area contributed by atoms with E-state index in [-0.39, 0.29) is 18.2 Å². The smallest absolute Gasteiger partial charge is 0.252 e. The molecule has 2 amide bonds. The van der Waals surface area contributed by atoms with Crippen molar-refractivity contribution in [2.75, 3.05) is 20.6 Å². The van der Waals surface area contributed by atoms with Crippen LogP contribution in [0.3, 0.4) is 0 Å². The lowest BCUT2D eigenvalue weighted by atomic mass is 10.1. The lowest BCUT2D eigenvalue weighted by molar-refractivity contribution is -0.121. The molecule has 0 radical (unpaired) electrons. The molecular weight excluding hydrogens is 322 g/mol. The van der Waals surface area contributed by atoms with Crippen LogP contribution in [0.4, 0.5) is 0 Å². The van der Waals surface area contributed by atoms with Gasteiger partial charge in [0.05, 0.1) is 0 Å². The molecule has 0 atom stereocenters. The molecule has 0 saturated carbocycles. The normalized spacial score (nSPS) is 10.6. The van der Waals surface area contributed by atoms with Gasteiger partial charge in [-0.2, -0.15) is 11.3 Å². The number of carbonyl (C=O) groups is 2. The molecule has 0 aliphatic rings. The van der Waals surface area contributed by atoms with Crippen LogP contribution in [0.2, 0.25) is 0 Å². The summed E-state index contributed by atoms with van der Waals surface area (Å²) in [6.07, 6.45) is 0.270. The Morgan fingerprint density at radius 2 is 1.83 bits per heavy atom. The molecule has 0 unspecified atom stereocenters. The molecular formula is C18H23N3O2S. The van der Waals surface area contributed by atoms with E-state index in [1.807, 2.05) is 37.7 Å². The van der Waals surface area contributed by atoms with Gasteiger partial charge in [0.1, 0.15) is 0 Å². The summed E-state index contributed by atoms with van der Waals surface area (Å²) < 4.78 is 0. The van der Waals surface area contributed by atoms with Crippen molar-refractivity contribution in [1.29, 1.82) is 0 Å². The minimum atomic E-state index is -0.139. The number of nitrogens with zero attached hydrogens (tertiary/aromatic N) is 1. The number of hydrogen-bond acceptors (Lipinski definition) is 4. The molecule has 2 N–H and O–H groups in total. The molecule has 1 aromatic heterocycles. The summed E-state index contributed by atoms with van der Waals surface area (Å²) in [6.45, 7) is 1.67. The Kier molecular flexibility index (Phi) is 6.96. The highest BCUT2D eigenvalue weighted by Gasteiger charge is 2.08. The zero-order valence-corrected chi connectivity index (χ0v) is 14.9. The number of nitrogens with one attached hydrogen (secondary N) is 2. The summed E-state index contributed by atoms with van der Waals surface area (Å²) in [4.78, 5) is 25.8. The quantitative estimate of drug-likeness (QED) is 0.771. The first-order valence-electron chi connectivity index (χ1n) is 7.85. The van der Waals surface area contributed by atoms with Gasteiger partial charge in [0.15, 0.2) is 0 Å². The first-order valence-corrected chi connectivity index (χ1v) is 8.79. The van der Waals surface area contributed by atoms with Gasteiger partial charge in [-0.1, -0.05) is 24.3 Å². The molecule has 1 aromatic carbocycles. The number of rotatable bonds is 8. The van der Waals surface area contributed by atoms with Crippen LogP contribution in [0.25, 0.3) is 0 Å². The van der Waals surface area contributed by atoms with E-state index in [0.29, 0.717) is 18.7 Å². The van der Waals surface area contributed by atoms with Gasteiger partial charge in [-0.15, -0.1) is 0 Å². The van der Waals surface area contributed by atoms with Crippen LogP contribution in [-0.4, -0.2) is 37.4 Å². The Bertz CT molecular complexity index is 669. The molecule has 0 saturated heterocycles. The Labute approximate surface area is 146 Å². The lowest BCUT2D eigenvalue weighted by Gasteiger charge is -2.14. The van der Waals surface area contributed by atoms with Crippen molar-refractivity contribution in [3.05, 3.63) is 57.8 Å². The summed E-state index contributed by atoms with van der Waals surface area (Å²) in [6, 6.07) is 9.84. The highest BCUT2D eigenvalue weighted by molar-refractivity contribution is 7.08. The second-order valence-corrected chi connectivity index (χ2v) is 6.58. The summed E-state index contributed by atoms with van der Waals surface area (Å²) in [5, 5.41) is 9.31. The van der Waals surface area contributed by atoms with Crippen molar-refractivity contribution in [3.63, 3.8) is 0 Å². The fraction of sp³-hybridized carbons (Fsp3) is 0.333. The molecule has 2 aromatic rings. The Hall–Kier alpha value is -2.18. The summed E-state index contributed by atoms with van der Waals surface area (Å²) >= 11 is 1.48. The second-order valence-electron chi connectivity index (χ2n) is 5.80.